The summed E-state index contributed by atoms with van der Waals surface area (Å²) in [5, 5.41) is 10.1. The Bertz CT molecular complexity index is 1050. The Kier molecular flexibility index (Phi) is 5.14. The van der Waals surface area contributed by atoms with Crippen LogP contribution >= 0.6 is 11.8 Å². The van der Waals surface area contributed by atoms with E-state index in [9.17, 15) is 14.7 Å². The molecule has 0 spiro atoms. The van der Waals surface area contributed by atoms with E-state index in [1.54, 1.807) is 22.7 Å². The van der Waals surface area contributed by atoms with E-state index in [-0.39, 0.29) is 23.0 Å². The minimum atomic E-state index is -0.803. The molecule has 0 atom stereocenters. The number of fused-ring (bicyclic) bond motifs is 2. The Balaban J connectivity index is 1.57. The minimum Gasteiger partial charge on any atom is -0.504 e. The van der Waals surface area contributed by atoms with E-state index in [4.69, 9.17) is 9.47 Å². The Morgan fingerprint density at radius 1 is 0.931 bits per heavy atom. The summed E-state index contributed by atoms with van der Waals surface area (Å²) in [6.07, 6.45) is 0. The van der Waals surface area contributed by atoms with Gasteiger partial charge in [0, 0.05) is 9.79 Å². The lowest BCUT2D eigenvalue weighted by Crippen LogP contribution is -2.32. The maximum atomic E-state index is 13.0. The number of carbonyl (C=O) groups excluding carboxylic acids is 2. The van der Waals surface area contributed by atoms with Crippen LogP contribution in [-0.2, 0) is 9.53 Å². The van der Waals surface area contributed by atoms with E-state index < -0.39 is 12.6 Å². The molecule has 0 fully saturated rings. The SMILES string of the molecule is COc1cccc(C(=O)OCC(=O)N2c3ccccc3Sc3ccccc32)c1O. The van der Waals surface area contributed by atoms with Gasteiger partial charge in [-0.25, -0.2) is 4.79 Å². The number of nitrogens with zero attached hydrogens (tertiary/aromatic N) is 1. The van der Waals surface area contributed by atoms with Crippen molar-refractivity contribution in [3.05, 3.63) is 72.3 Å². The van der Waals surface area contributed by atoms with Gasteiger partial charge in [-0.1, -0.05) is 42.1 Å². The molecule has 1 amide bonds. The normalized spacial score (nSPS) is 12.0. The van der Waals surface area contributed by atoms with Crippen molar-refractivity contribution in [1.29, 1.82) is 0 Å². The number of anilines is 2. The lowest BCUT2D eigenvalue weighted by molar-refractivity contribution is -0.121. The van der Waals surface area contributed by atoms with Crippen LogP contribution in [0.5, 0.6) is 11.5 Å². The van der Waals surface area contributed by atoms with Crippen molar-refractivity contribution in [3.8, 4) is 11.5 Å². The molecule has 7 heteroatoms. The minimum absolute atomic E-state index is 0.0628. The van der Waals surface area contributed by atoms with Gasteiger partial charge in [0.1, 0.15) is 5.56 Å². The fourth-order valence-electron chi connectivity index (χ4n) is 3.09. The van der Waals surface area contributed by atoms with Crippen molar-refractivity contribution in [2.75, 3.05) is 18.6 Å². The third-order valence-electron chi connectivity index (χ3n) is 4.45. The molecule has 0 saturated heterocycles. The summed E-state index contributed by atoms with van der Waals surface area (Å²) >= 11 is 1.58. The highest BCUT2D eigenvalue weighted by molar-refractivity contribution is 7.99. The molecule has 3 aromatic carbocycles. The monoisotopic (exact) mass is 407 g/mol. The van der Waals surface area contributed by atoms with E-state index in [2.05, 4.69) is 0 Å². The van der Waals surface area contributed by atoms with Crippen LogP contribution in [0.25, 0.3) is 0 Å². The standard InChI is InChI=1S/C22H17NO5S/c1-27-17-10-6-7-14(21(17)25)22(26)28-13-20(24)23-15-8-2-4-11-18(15)29-19-12-5-3-9-16(19)23/h2-12,25H,13H2,1H3. The molecule has 6 nitrogen and oxygen atoms in total. The number of phenolic OH excluding ortho intramolecular Hbond substituents is 1. The highest BCUT2D eigenvalue weighted by atomic mass is 32.2. The molecular formula is C22H17NO5S. The van der Waals surface area contributed by atoms with Crippen molar-refractivity contribution in [2.24, 2.45) is 0 Å². The molecule has 0 aromatic heterocycles. The number of benzene rings is 3. The average molecular weight is 407 g/mol. The highest BCUT2D eigenvalue weighted by Gasteiger charge is 2.29. The Labute approximate surface area is 171 Å². The van der Waals surface area contributed by atoms with E-state index in [0.717, 1.165) is 21.2 Å². The van der Waals surface area contributed by atoms with Crippen molar-refractivity contribution in [1.82, 2.24) is 0 Å². The number of methoxy groups -OCH3 is 1. The highest BCUT2D eigenvalue weighted by Crippen LogP contribution is 2.47. The molecule has 4 rings (SSSR count). The topological polar surface area (TPSA) is 76.1 Å². The van der Waals surface area contributed by atoms with E-state index in [1.807, 2.05) is 48.5 Å². The van der Waals surface area contributed by atoms with Gasteiger partial charge in [0.2, 0.25) is 0 Å². The second kappa shape index (κ2) is 7.89. The van der Waals surface area contributed by atoms with Crippen molar-refractivity contribution < 1.29 is 24.2 Å². The maximum absolute atomic E-state index is 13.0. The van der Waals surface area contributed by atoms with Crippen molar-refractivity contribution in [3.63, 3.8) is 0 Å². The summed E-state index contributed by atoms with van der Waals surface area (Å²) in [6, 6.07) is 19.6. The van der Waals surface area contributed by atoms with Gasteiger partial charge >= 0.3 is 5.97 Å². The van der Waals surface area contributed by atoms with Crippen LogP contribution in [0.15, 0.2) is 76.5 Å². The Morgan fingerprint density at radius 3 is 2.17 bits per heavy atom. The van der Waals surface area contributed by atoms with Crippen molar-refractivity contribution in [2.45, 2.75) is 9.79 Å². The molecule has 29 heavy (non-hydrogen) atoms. The van der Waals surface area contributed by atoms with Gasteiger partial charge in [0.15, 0.2) is 18.1 Å². The molecule has 146 valence electrons. The van der Waals surface area contributed by atoms with E-state index in [1.165, 1.54) is 19.2 Å². The van der Waals surface area contributed by atoms with Crippen LogP contribution in [0.3, 0.4) is 0 Å². The molecule has 1 N–H and O–H groups in total. The van der Waals surface area contributed by atoms with Gasteiger partial charge in [0.05, 0.1) is 18.5 Å². The number of para-hydroxylation sites is 3. The number of esters is 1. The second-order valence-electron chi connectivity index (χ2n) is 6.20. The molecular weight excluding hydrogens is 390 g/mol. The van der Waals surface area contributed by atoms with Crippen LogP contribution in [-0.4, -0.2) is 30.7 Å². The van der Waals surface area contributed by atoms with Gasteiger partial charge in [0.25, 0.3) is 5.91 Å². The van der Waals surface area contributed by atoms with Crippen LogP contribution in [0.2, 0.25) is 0 Å². The predicted molar refractivity (Wildman–Crippen MR) is 109 cm³/mol. The summed E-state index contributed by atoms with van der Waals surface area (Å²) in [7, 11) is 1.39. The molecule has 0 aliphatic carbocycles. The van der Waals surface area contributed by atoms with Crippen LogP contribution < -0.4 is 9.64 Å². The van der Waals surface area contributed by atoms with E-state index >= 15 is 0 Å². The third-order valence-corrected chi connectivity index (χ3v) is 5.58. The Morgan fingerprint density at radius 2 is 1.55 bits per heavy atom. The first-order valence-corrected chi connectivity index (χ1v) is 9.63. The first-order valence-electron chi connectivity index (χ1n) is 8.82. The smallest absolute Gasteiger partial charge is 0.342 e. The zero-order valence-electron chi connectivity index (χ0n) is 15.5. The maximum Gasteiger partial charge on any atom is 0.342 e. The van der Waals surface area contributed by atoms with Gasteiger partial charge in [-0.2, -0.15) is 0 Å². The average Bonchev–Trinajstić information content (AvgIpc) is 2.75. The molecule has 0 radical (unpaired) electrons. The summed E-state index contributed by atoms with van der Waals surface area (Å²) < 4.78 is 10.2. The van der Waals surface area contributed by atoms with Gasteiger partial charge in [-0.05, 0) is 36.4 Å². The molecule has 1 aliphatic heterocycles. The lowest BCUT2D eigenvalue weighted by atomic mass is 10.2. The number of ether oxygens (including phenoxy) is 2. The summed E-state index contributed by atoms with van der Waals surface area (Å²) in [5.41, 5.74) is 1.41. The number of hydrogen-bond acceptors (Lipinski definition) is 6. The quantitative estimate of drug-likeness (QED) is 0.647. The number of rotatable bonds is 4. The number of amides is 1. The van der Waals surface area contributed by atoms with Gasteiger partial charge in [-0.15, -0.1) is 0 Å². The number of carbonyl (C=O) groups is 2. The molecule has 0 unspecified atom stereocenters. The largest absolute Gasteiger partial charge is 0.504 e. The van der Waals surface area contributed by atoms with Crippen LogP contribution in [0.1, 0.15) is 10.4 Å². The first kappa shape index (κ1) is 18.9. The van der Waals surface area contributed by atoms with Gasteiger partial charge in [-0.3, -0.25) is 9.69 Å². The summed E-state index contributed by atoms with van der Waals surface area (Å²) in [5.74, 6) is -1.36. The Hall–Kier alpha value is -3.45. The molecule has 1 aliphatic rings. The molecule has 1 heterocycles. The van der Waals surface area contributed by atoms with Crippen LogP contribution in [0.4, 0.5) is 11.4 Å². The first-order chi connectivity index (χ1) is 14.1. The lowest BCUT2D eigenvalue weighted by Gasteiger charge is -2.30. The predicted octanol–water partition coefficient (Wildman–Crippen LogP) is 4.39. The molecule has 3 aromatic rings. The zero-order chi connectivity index (χ0) is 20.4. The number of hydrogen-bond donors (Lipinski definition) is 1. The third kappa shape index (κ3) is 3.52. The van der Waals surface area contributed by atoms with Crippen LogP contribution in [0, 0.1) is 0 Å². The zero-order valence-corrected chi connectivity index (χ0v) is 16.3. The number of aromatic hydroxyl groups is 1. The number of phenols is 1. The summed E-state index contributed by atoms with van der Waals surface area (Å²) in [6.45, 7) is -0.469. The second-order valence-corrected chi connectivity index (χ2v) is 7.28. The van der Waals surface area contributed by atoms with Gasteiger partial charge < -0.3 is 14.6 Å². The fraction of sp³-hybridized carbons (Fsp3) is 0.0909. The molecule has 0 bridgehead atoms. The fourth-order valence-corrected chi connectivity index (χ4v) is 4.15. The summed E-state index contributed by atoms with van der Waals surface area (Å²) in [4.78, 5) is 28.9. The van der Waals surface area contributed by atoms with E-state index in [0.29, 0.717) is 0 Å². The van der Waals surface area contributed by atoms with Crippen molar-refractivity contribution >= 4 is 35.0 Å². The molecule has 0 saturated carbocycles.